The lowest BCUT2D eigenvalue weighted by molar-refractivity contribution is -0.137. The van der Waals surface area contributed by atoms with Gasteiger partial charge in [0.15, 0.2) is 0 Å². The zero-order valence-corrected chi connectivity index (χ0v) is 12.3. The molecule has 1 saturated carbocycles. The van der Waals surface area contributed by atoms with Crippen LogP contribution in [0.1, 0.15) is 35.4 Å². The van der Waals surface area contributed by atoms with Gasteiger partial charge in [-0.3, -0.25) is 14.4 Å². The first-order valence-corrected chi connectivity index (χ1v) is 7.77. The average Bonchev–Trinajstić information content (AvgIpc) is 3.12. The second-order valence-electron chi connectivity index (χ2n) is 5.09. The Morgan fingerprint density at radius 2 is 2.14 bits per heavy atom. The molecule has 2 rings (SSSR count). The van der Waals surface area contributed by atoms with Gasteiger partial charge < -0.3 is 15.7 Å². The van der Waals surface area contributed by atoms with E-state index in [1.54, 1.807) is 12.1 Å². The van der Waals surface area contributed by atoms with Crippen LogP contribution in [0.25, 0.3) is 0 Å². The Kier molecular flexibility index (Phi) is 5.32. The molecule has 1 atom stereocenters. The van der Waals surface area contributed by atoms with Gasteiger partial charge in [-0.15, -0.1) is 11.3 Å². The van der Waals surface area contributed by atoms with Gasteiger partial charge in [0, 0.05) is 19.0 Å². The van der Waals surface area contributed by atoms with Crippen LogP contribution in [0.5, 0.6) is 0 Å². The molecule has 1 aliphatic rings. The van der Waals surface area contributed by atoms with E-state index in [2.05, 4.69) is 10.6 Å². The number of hydrogen-bond acceptors (Lipinski definition) is 4. The number of carboxylic acids is 1. The topological polar surface area (TPSA) is 95.5 Å². The molecule has 1 aromatic rings. The molecule has 3 N–H and O–H groups in total. The van der Waals surface area contributed by atoms with E-state index >= 15 is 0 Å². The smallest absolute Gasteiger partial charge is 0.305 e. The molecule has 1 aromatic heterocycles. The number of aliphatic carboxylic acids is 1. The standard InChI is InChI=1S/C14H18N2O4S/c17-12(16-10(8-13(18)19)9-3-4-9)5-6-15-14(20)11-2-1-7-21-11/h1-2,7,9-10H,3-6,8H2,(H,15,20)(H,16,17)(H,18,19). The quantitative estimate of drug-likeness (QED) is 0.673. The molecule has 6 nitrogen and oxygen atoms in total. The van der Waals surface area contributed by atoms with Gasteiger partial charge in [0.2, 0.25) is 5.91 Å². The van der Waals surface area contributed by atoms with Crippen LogP contribution in [0, 0.1) is 5.92 Å². The van der Waals surface area contributed by atoms with Crippen LogP contribution in [0.4, 0.5) is 0 Å². The molecular formula is C14H18N2O4S. The van der Waals surface area contributed by atoms with Crippen molar-refractivity contribution in [3.05, 3.63) is 22.4 Å². The monoisotopic (exact) mass is 310 g/mol. The van der Waals surface area contributed by atoms with Crippen molar-refractivity contribution in [2.75, 3.05) is 6.54 Å². The number of amides is 2. The summed E-state index contributed by atoms with van der Waals surface area (Å²) in [6.07, 6.45) is 2.04. The summed E-state index contributed by atoms with van der Waals surface area (Å²) in [5.74, 6) is -1.04. The molecule has 1 unspecified atom stereocenters. The van der Waals surface area contributed by atoms with Crippen molar-refractivity contribution in [1.29, 1.82) is 0 Å². The largest absolute Gasteiger partial charge is 0.481 e. The first-order valence-electron chi connectivity index (χ1n) is 6.89. The van der Waals surface area contributed by atoms with Crippen molar-refractivity contribution in [1.82, 2.24) is 10.6 Å². The second-order valence-corrected chi connectivity index (χ2v) is 6.04. The molecule has 0 spiro atoms. The molecule has 0 aromatic carbocycles. The van der Waals surface area contributed by atoms with Gasteiger partial charge >= 0.3 is 5.97 Å². The van der Waals surface area contributed by atoms with E-state index in [0.29, 0.717) is 4.88 Å². The maximum atomic E-state index is 11.8. The van der Waals surface area contributed by atoms with Crippen LogP contribution in [-0.2, 0) is 9.59 Å². The number of rotatable bonds is 8. The molecule has 114 valence electrons. The van der Waals surface area contributed by atoms with E-state index in [4.69, 9.17) is 5.11 Å². The number of thiophene rings is 1. The van der Waals surface area contributed by atoms with E-state index < -0.39 is 5.97 Å². The van der Waals surface area contributed by atoms with Gasteiger partial charge in [-0.1, -0.05) is 6.07 Å². The highest BCUT2D eigenvalue weighted by Crippen LogP contribution is 2.34. The number of carbonyl (C=O) groups is 3. The van der Waals surface area contributed by atoms with E-state index in [9.17, 15) is 14.4 Å². The summed E-state index contributed by atoms with van der Waals surface area (Å²) in [6.45, 7) is 0.243. The summed E-state index contributed by atoms with van der Waals surface area (Å²) in [5, 5.41) is 16.1. The molecule has 1 heterocycles. The minimum absolute atomic E-state index is 0.0437. The molecule has 1 aliphatic carbocycles. The van der Waals surface area contributed by atoms with E-state index in [1.807, 2.05) is 5.38 Å². The van der Waals surface area contributed by atoms with Crippen molar-refractivity contribution in [2.45, 2.75) is 31.7 Å². The zero-order chi connectivity index (χ0) is 15.2. The van der Waals surface area contributed by atoms with E-state index in [0.717, 1.165) is 12.8 Å². The summed E-state index contributed by atoms with van der Waals surface area (Å²) < 4.78 is 0. The van der Waals surface area contributed by atoms with Gasteiger partial charge in [0.25, 0.3) is 5.91 Å². The lowest BCUT2D eigenvalue weighted by Crippen LogP contribution is -2.39. The summed E-state index contributed by atoms with van der Waals surface area (Å²) in [5.41, 5.74) is 0. The Bertz CT molecular complexity index is 511. The van der Waals surface area contributed by atoms with Crippen LogP contribution in [-0.4, -0.2) is 35.5 Å². The van der Waals surface area contributed by atoms with Gasteiger partial charge in [-0.25, -0.2) is 0 Å². The highest BCUT2D eigenvalue weighted by atomic mass is 32.1. The molecule has 21 heavy (non-hydrogen) atoms. The third-order valence-corrected chi connectivity index (χ3v) is 4.18. The van der Waals surface area contributed by atoms with Gasteiger partial charge in [-0.2, -0.15) is 0 Å². The van der Waals surface area contributed by atoms with E-state index in [1.165, 1.54) is 11.3 Å². The zero-order valence-electron chi connectivity index (χ0n) is 11.5. The molecule has 0 radical (unpaired) electrons. The Morgan fingerprint density at radius 3 is 2.71 bits per heavy atom. The van der Waals surface area contributed by atoms with Gasteiger partial charge in [0.1, 0.15) is 0 Å². The highest BCUT2D eigenvalue weighted by Gasteiger charge is 2.33. The third-order valence-electron chi connectivity index (χ3n) is 3.31. The summed E-state index contributed by atoms with van der Waals surface area (Å²) in [4.78, 5) is 34.8. The Balaban J connectivity index is 1.69. The minimum atomic E-state index is -0.904. The fraction of sp³-hybridized carbons (Fsp3) is 0.500. The lowest BCUT2D eigenvalue weighted by Gasteiger charge is -2.16. The summed E-state index contributed by atoms with van der Waals surface area (Å²) >= 11 is 1.34. The van der Waals surface area contributed by atoms with Crippen LogP contribution in [0.15, 0.2) is 17.5 Å². The molecular weight excluding hydrogens is 292 g/mol. The summed E-state index contributed by atoms with van der Waals surface area (Å²) in [6, 6.07) is 3.22. The molecule has 2 amide bonds. The number of nitrogens with one attached hydrogen (secondary N) is 2. The summed E-state index contributed by atoms with van der Waals surface area (Å²) in [7, 11) is 0. The first-order chi connectivity index (χ1) is 10.1. The second kappa shape index (κ2) is 7.21. The van der Waals surface area contributed by atoms with Crippen molar-refractivity contribution in [3.8, 4) is 0 Å². The molecule has 0 aliphatic heterocycles. The highest BCUT2D eigenvalue weighted by molar-refractivity contribution is 7.12. The Hall–Kier alpha value is -1.89. The van der Waals surface area contributed by atoms with Crippen molar-refractivity contribution < 1.29 is 19.5 Å². The van der Waals surface area contributed by atoms with Crippen molar-refractivity contribution >= 4 is 29.1 Å². The predicted octanol–water partition coefficient (Wildman–Crippen LogP) is 1.24. The van der Waals surface area contributed by atoms with Gasteiger partial charge in [-0.05, 0) is 30.2 Å². The fourth-order valence-corrected chi connectivity index (χ4v) is 2.73. The van der Waals surface area contributed by atoms with Gasteiger partial charge in [0.05, 0.1) is 11.3 Å². The SMILES string of the molecule is O=C(O)CC(NC(=O)CCNC(=O)c1cccs1)C1CC1. The minimum Gasteiger partial charge on any atom is -0.481 e. The van der Waals surface area contributed by atoms with Crippen LogP contribution in [0.3, 0.4) is 0 Å². The number of carbonyl (C=O) groups excluding carboxylic acids is 2. The third kappa shape index (κ3) is 5.18. The number of hydrogen-bond donors (Lipinski definition) is 3. The molecule has 7 heteroatoms. The predicted molar refractivity (Wildman–Crippen MR) is 78.2 cm³/mol. The lowest BCUT2D eigenvalue weighted by atomic mass is 10.1. The Labute approximate surface area is 126 Å². The normalized spacial score (nSPS) is 15.2. The molecule has 0 bridgehead atoms. The maximum Gasteiger partial charge on any atom is 0.305 e. The van der Waals surface area contributed by atoms with E-state index in [-0.39, 0.29) is 43.2 Å². The van der Waals surface area contributed by atoms with Crippen LogP contribution < -0.4 is 10.6 Å². The Morgan fingerprint density at radius 1 is 1.38 bits per heavy atom. The average molecular weight is 310 g/mol. The number of carboxylic acid groups (broad SMARTS) is 1. The molecule has 1 fully saturated rings. The van der Waals surface area contributed by atoms with Crippen LogP contribution in [0.2, 0.25) is 0 Å². The van der Waals surface area contributed by atoms with Crippen molar-refractivity contribution in [3.63, 3.8) is 0 Å². The first kappa shape index (κ1) is 15.5. The fourth-order valence-electron chi connectivity index (χ4n) is 2.09. The molecule has 0 saturated heterocycles. The van der Waals surface area contributed by atoms with Crippen LogP contribution >= 0.6 is 11.3 Å². The van der Waals surface area contributed by atoms with Crippen molar-refractivity contribution in [2.24, 2.45) is 5.92 Å². The maximum absolute atomic E-state index is 11.8.